The number of nitrogens with two attached hydrogens (primary N) is 2. The lowest BCUT2D eigenvalue weighted by atomic mass is 10.0. The van der Waals surface area contributed by atoms with Crippen molar-refractivity contribution < 1.29 is 9.72 Å². The van der Waals surface area contributed by atoms with Crippen LogP contribution in [0.3, 0.4) is 0 Å². The van der Waals surface area contributed by atoms with E-state index in [0.717, 1.165) is 0 Å². The fourth-order valence-corrected chi connectivity index (χ4v) is 1.38. The Morgan fingerprint density at radius 3 is 2.69 bits per heavy atom. The Balaban J connectivity index is 3.04. The smallest absolute Gasteiger partial charge is 0.274 e. The molecule has 0 heterocycles. The van der Waals surface area contributed by atoms with Gasteiger partial charge in [-0.05, 0) is 6.07 Å². The zero-order valence-corrected chi connectivity index (χ0v) is 8.98. The molecule has 16 heavy (non-hydrogen) atoms. The molecule has 0 aliphatic carbocycles. The zero-order chi connectivity index (χ0) is 12.3. The highest BCUT2D eigenvalue weighted by Crippen LogP contribution is 2.23. The van der Waals surface area contributed by atoms with Gasteiger partial charge in [0, 0.05) is 23.1 Å². The van der Waals surface area contributed by atoms with Gasteiger partial charge in [-0.15, -0.1) is 0 Å². The molecule has 6 nitrogen and oxygen atoms in total. The highest BCUT2D eigenvalue weighted by molar-refractivity contribution is 6.30. The van der Waals surface area contributed by atoms with Gasteiger partial charge in [0.25, 0.3) is 5.69 Å². The number of hydrogen-bond donors (Lipinski definition) is 2. The second kappa shape index (κ2) is 4.91. The minimum Gasteiger partial charge on any atom is -0.368 e. The van der Waals surface area contributed by atoms with E-state index < -0.39 is 16.9 Å². The Morgan fingerprint density at radius 1 is 1.56 bits per heavy atom. The van der Waals surface area contributed by atoms with Crippen LogP contribution in [0.25, 0.3) is 0 Å². The summed E-state index contributed by atoms with van der Waals surface area (Å²) >= 11 is 5.63. The topological polar surface area (TPSA) is 112 Å². The van der Waals surface area contributed by atoms with Crippen LogP contribution in [-0.4, -0.2) is 16.9 Å². The first-order valence-electron chi connectivity index (χ1n) is 4.39. The first-order valence-corrected chi connectivity index (χ1v) is 4.77. The summed E-state index contributed by atoms with van der Waals surface area (Å²) < 4.78 is 0. The number of benzene rings is 1. The van der Waals surface area contributed by atoms with E-state index in [4.69, 9.17) is 23.1 Å². The van der Waals surface area contributed by atoms with Crippen LogP contribution in [0.15, 0.2) is 18.2 Å². The number of hydrogen-bond acceptors (Lipinski definition) is 4. The Morgan fingerprint density at radius 2 is 2.19 bits per heavy atom. The number of nitro benzene ring substituents is 1. The monoisotopic (exact) mass is 243 g/mol. The van der Waals surface area contributed by atoms with Crippen molar-refractivity contribution in [2.75, 3.05) is 0 Å². The van der Waals surface area contributed by atoms with Crippen molar-refractivity contribution in [2.45, 2.75) is 12.5 Å². The summed E-state index contributed by atoms with van der Waals surface area (Å²) in [6.45, 7) is 0. The molecule has 0 saturated heterocycles. The van der Waals surface area contributed by atoms with Crippen molar-refractivity contribution in [3.8, 4) is 0 Å². The van der Waals surface area contributed by atoms with Crippen LogP contribution in [0.4, 0.5) is 5.69 Å². The first-order chi connectivity index (χ1) is 7.41. The van der Waals surface area contributed by atoms with Gasteiger partial charge in [-0.3, -0.25) is 14.9 Å². The van der Waals surface area contributed by atoms with Crippen LogP contribution in [0.5, 0.6) is 0 Å². The SMILES string of the molecule is NC(=O)C(N)Cc1ccc(Cl)cc1[N+](=O)[O-]. The largest absolute Gasteiger partial charge is 0.368 e. The van der Waals surface area contributed by atoms with E-state index in [1.54, 1.807) is 0 Å². The third kappa shape index (κ3) is 2.91. The van der Waals surface area contributed by atoms with Gasteiger partial charge >= 0.3 is 0 Å². The van der Waals surface area contributed by atoms with E-state index in [1.165, 1.54) is 18.2 Å². The summed E-state index contributed by atoms with van der Waals surface area (Å²) in [7, 11) is 0. The van der Waals surface area contributed by atoms with Gasteiger partial charge in [0.2, 0.25) is 5.91 Å². The Labute approximate surface area is 96.3 Å². The molecule has 1 amide bonds. The van der Waals surface area contributed by atoms with E-state index in [2.05, 4.69) is 0 Å². The number of carbonyl (C=O) groups is 1. The maximum absolute atomic E-state index is 10.8. The summed E-state index contributed by atoms with van der Waals surface area (Å²) in [5.74, 6) is -0.704. The van der Waals surface area contributed by atoms with Gasteiger partial charge in [-0.1, -0.05) is 17.7 Å². The lowest BCUT2D eigenvalue weighted by molar-refractivity contribution is -0.385. The molecule has 1 aromatic rings. The molecular formula is C9H10ClN3O3. The van der Waals surface area contributed by atoms with E-state index in [1.807, 2.05) is 0 Å². The number of nitro groups is 1. The molecular weight excluding hydrogens is 234 g/mol. The van der Waals surface area contributed by atoms with E-state index in [9.17, 15) is 14.9 Å². The second-order valence-corrected chi connectivity index (χ2v) is 3.68. The van der Waals surface area contributed by atoms with Gasteiger partial charge in [0.1, 0.15) is 0 Å². The normalized spacial score (nSPS) is 12.1. The number of nitrogens with zero attached hydrogens (tertiary/aromatic N) is 1. The summed E-state index contributed by atoms with van der Waals surface area (Å²) in [5, 5.41) is 11.0. The molecule has 0 saturated carbocycles. The maximum Gasteiger partial charge on any atom is 0.274 e. The number of halogens is 1. The quantitative estimate of drug-likeness (QED) is 0.596. The fraction of sp³-hybridized carbons (Fsp3) is 0.222. The molecule has 0 bridgehead atoms. The van der Waals surface area contributed by atoms with Gasteiger partial charge in [0.05, 0.1) is 11.0 Å². The molecule has 0 radical (unpaired) electrons. The molecule has 1 rings (SSSR count). The molecule has 7 heteroatoms. The van der Waals surface area contributed by atoms with Crippen molar-refractivity contribution in [1.82, 2.24) is 0 Å². The third-order valence-electron chi connectivity index (χ3n) is 2.05. The predicted octanol–water partition coefficient (Wildman–Crippen LogP) is 0.603. The molecule has 0 aliphatic heterocycles. The van der Waals surface area contributed by atoms with E-state index in [0.29, 0.717) is 5.56 Å². The molecule has 1 aromatic carbocycles. The third-order valence-corrected chi connectivity index (χ3v) is 2.28. The highest BCUT2D eigenvalue weighted by Gasteiger charge is 2.18. The molecule has 86 valence electrons. The average molecular weight is 244 g/mol. The van der Waals surface area contributed by atoms with Crippen molar-refractivity contribution in [2.24, 2.45) is 11.5 Å². The lowest BCUT2D eigenvalue weighted by Gasteiger charge is -2.07. The Hall–Kier alpha value is -1.66. The molecule has 0 spiro atoms. The van der Waals surface area contributed by atoms with Crippen LogP contribution < -0.4 is 11.5 Å². The molecule has 0 aliphatic rings. The maximum atomic E-state index is 10.8. The van der Waals surface area contributed by atoms with Crippen molar-refractivity contribution in [3.05, 3.63) is 38.9 Å². The highest BCUT2D eigenvalue weighted by atomic mass is 35.5. The first kappa shape index (κ1) is 12.4. The molecule has 0 aromatic heterocycles. The lowest BCUT2D eigenvalue weighted by Crippen LogP contribution is -2.38. The Bertz CT molecular complexity index is 436. The van der Waals surface area contributed by atoms with Crippen molar-refractivity contribution in [3.63, 3.8) is 0 Å². The van der Waals surface area contributed by atoms with Crippen molar-refractivity contribution in [1.29, 1.82) is 0 Å². The molecule has 1 unspecified atom stereocenters. The fourth-order valence-electron chi connectivity index (χ4n) is 1.22. The minimum atomic E-state index is -0.945. The van der Waals surface area contributed by atoms with Gasteiger partial charge < -0.3 is 11.5 Å². The summed E-state index contributed by atoms with van der Waals surface area (Å²) in [4.78, 5) is 20.9. The van der Waals surface area contributed by atoms with Gasteiger partial charge in [0.15, 0.2) is 0 Å². The average Bonchev–Trinajstić information content (AvgIpc) is 2.20. The Kier molecular flexibility index (Phi) is 3.81. The summed E-state index contributed by atoms with van der Waals surface area (Å²) in [6, 6.07) is 3.23. The standard InChI is InChI=1S/C9H10ClN3O3/c10-6-2-1-5(3-7(11)9(12)14)8(4-6)13(15)16/h1-2,4,7H,3,11H2,(H2,12,14). The van der Waals surface area contributed by atoms with Crippen LogP contribution in [0, 0.1) is 10.1 Å². The molecule has 1 atom stereocenters. The van der Waals surface area contributed by atoms with Crippen molar-refractivity contribution >= 4 is 23.2 Å². The van der Waals surface area contributed by atoms with Gasteiger partial charge in [-0.2, -0.15) is 0 Å². The zero-order valence-electron chi connectivity index (χ0n) is 8.22. The van der Waals surface area contributed by atoms with Gasteiger partial charge in [-0.25, -0.2) is 0 Å². The van der Waals surface area contributed by atoms with Crippen LogP contribution in [0.2, 0.25) is 5.02 Å². The number of carbonyl (C=O) groups excluding carboxylic acids is 1. The summed E-state index contributed by atoms with van der Waals surface area (Å²) in [5.41, 5.74) is 10.6. The minimum absolute atomic E-state index is 0.0167. The van der Waals surface area contributed by atoms with Crippen LogP contribution in [-0.2, 0) is 11.2 Å². The molecule has 4 N–H and O–H groups in total. The number of amides is 1. The molecule has 0 fully saturated rings. The second-order valence-electron chi connectivity index (χ2n) is 3.24. The predicted molar refractivity (Wildman–Crippen MR) is 59.0 cm³/mol. The van der Waals surface area contributed by atoms with E-state index >= 15 is 0 Å². The van der Waals surface area contributed by atoms with E-state index in [-0.39, 0.29) is 17.1 Å². The van der Waals surface area contributed by atoms with Crippen LogP contribution in [0.1, 0.15) is 5.56 Å². The number of primary amides is 1. The number of rotatable bonds is 4. The van der Waals surface area contributed by atoms with Crippen LogP contribution >= 0.6 is 11.6 Å². The summed E-state index contributed by atoms with van der Waals surface area (Å²) in [6.07, 6.45) is 0.0167.